The van der Waals surface area contributed by atoms with Gasteiger partial charge in [-0.3, -0.25) is 4.90 Å². The van der Waals surface area contributed by atoms with Crippen LogP contribution in [-0.2, 0) is 14.2 Å². The standard InChI is InChI=1S/C12H27NO4/c1-12(2,11-14)13(3)5-6-16-9-10-17-8-7-15-4/h14H,5-11H2,1-4H3. The molecule has 0 fully saturated rings. The first-order valence-corrected chi connectivity index (χ1v) is 6.01. The van der Waals surface area contributed by atoms with Crippen LogP contribution in [0, 0.1) is 0 Å². The molecule has 0 bridgehead atoms. The highest BCUT2D eigenvalue weighted by Gasteiger charge is 2.21. The van der Waals surface area contributed by atoms with Gasteiger partial charge in [0.1, 0.15) is 0 Å². The highest BCUT2D eigenvalue weighted by molar-refractivity contribution is 4.77. The number of aliphatic hydroxyl groups excluding tert-OH is 1. The highest BCUT2D eigenvalue weighted by atomic mass is 16.5. The van der Waals surface area contributed by atoms with E-state index in [0.717, 1.165) is 6.54 Å². The van der Waals surface area contributed by atoms with Crippen LogP contribution in [0.25, 0.3) is 0 Å². The molecule has 0 spiro atoms. The van der Waals surface area contributed by atoms with Crippen molar-refractivity contribution in [3.63, 3.8) is 0 Å². The number of likely N-dealkylation sites (N-methyl/N-ethyl adjacent to an activating group) is 1. The van der Waals surface area contributed by atoms with Crippen molar-refractivity contribution >= 4 is 0 Å². The number of ether oxygens (including phenoxy) is 3. The van der Waals surface area contributed by atoms with Crippen LogP contribution < -0.4 is 0 Å². The van der Waals surface area contributed by atoms with E-state index in [1.165, 1.54) is 0 Å². The summed E-state index contributed by atoms with van der Waals surface area (Å²) in [4.78, 5) is 2.08. The van der Waals surface area contributed by atoms with Crippen molar-refractivity contribution in [2.24, 2.45) is 0 Å². The smallest absolute Gasteiger partial charge is 0.0701 e. The Morgan fingerprint density at radius 1 is 1.00 bits per heavy atom. The van der Waals surface area contributed by atoms with Gasteiger partial charge in [0, 0.05) is 19.2 Å². The number of nitrogens with zero attached hydrogens (tertiary/aromatic N) is 1. The maximum atomic E-state index is 9.17. The summed E-state index contributed by atoms with van der Waals surface area (Å²) in [6.45, 7) is 8.00. The van der Waals surface area contributed by atoms with E-state index in [0.29, 0.717) is 33.0 Å². The maximum Gasteiger partial charge on any atom is 0.0701 e. The molecule has 0 saturated heterocycles. The monoisotopic (exact) mass is 249 g/mol. The van der Waals surface area contributed by atoms with Gasteiger partial charge in [0.15, 0.2) is 0 Å². The van der Waals surface area contributed by atoms with Crippen LogP contribution in [0.5, 0.6) is 0 Å². The molecular formula is C12H27NO4. The minimum absolute atomic E-state index is 0.142. The first-order chi connectivity index (χ1) is 8.04. The van der Waals surface area contributed by atoms with Crippen LogP contribution in [0.1, 0.15) is 13.8 Å². The van der Waals surface area contributed by atoms with Crippen LogP contribution in [0.2, 0.25) is 0 Å². The molecule has 0 aliphatic carbocycles. The van der Waals surface area contributed by atoms with E-state index in [-0.39, 0.29) is 12.1 Å². The van der Waals surface area contributed by atoms with Crippen molar-refractivity contribution in [2.75, 3.05) is 60.3 Å². The molecule has 0 aromatic heterocycles. The lowest BCUT2D eigenvalue weighted by Crippen LogP contribution is -2.45. The van der Waals surface area contributed by atoms with Crippen molar-refractivity contribution < 1.29 is 19.3 Å². The van der Waals surface area contributed by atoms with Gasteiger partial charge in [-0.25, -0.2) is 0 Å². The second-order valence-corrected chi connectivity index (χ2v) is 4.61. The number of aliphatic hydroxyl groups is 1. The van der Waals surface area contributed by atoms with Crippen molar-refractivity contribution in [2.45, 2.75) is 19.4 Å². The van der Waals surface area contributed by atoms with Gasteiger partial charge in [0.05, 0.1) is 39.6 Å². The molecule has 0 amide bonds. The third kappa shape index (κ3) is 8.51. The van der Waals surface area contributed by atoms with Crippen molar-refractivity contribution in [1.82, 2.24) is 4.90 Å². The van der Waals surface area contributed by atoms with Gasteiger partial charge in [-0.1, -0.05) is 0 Å². The molecule has 0 aliphatic heterocycles. The lowest BCUT2D eigenvalue weighted by molar-refractivity contribution is 0.00791. The van der Waals surface area contributed by atoms with Crippen LogP contribution in [0.15, 0.2) is 0 Å². The molecule has 0 atom stereocenters. The van der Waals surface area contributed by atoms with Crippen LogP contribution in [-0.4, -0.2) is 75.9 Å². The Morgan fingerprint density at radius 2 is 1.53 bits per heavy atom. The Balaban J connectivity index is 3.34. The Morgan fingerprint density at radius 3 is 2.06 bits per heavy atom. The van der Waals surface area contributed by atoms with Crippen LogP contribution in [0.3, 0.4) is 0 Å². The summed E-state index contributed by atoms with van der Waals surface area (Å²) in [5.74, 6) is 0. The van der Waals surface area contributed by atoms with E-state index in [9.17, 15) is 5.11 Å². The number of hydrogen-bond donors (Lipinski definition) is 1. The number of methoxy groups -OCH3 is 1. The molecule has 104 valence electrons. The summed E-state index contributed by atoms with van der Waals surface area (Å²) in [5, 5.41) is 9.17. The molecule has 0 saturated carbocycles. The zero-order valence-corrected chi connectivity index (χ0v) is 11.6. The molecule has 0 heterocycles. The Hall–Kier alpha value is -0.200. The second-order valence-electron chi connectivity index (χ2n) is 4.61. The van der Waals surface area contributed by atoms with E-state index < -0.39 is 0 Å². The van der Waals surface area contributed by atoms with Gasteiger partial charge in [-0.15, -0.1) is 0 Å². The predicted octanol–water partition coefficient (Wildman–Crippen LogP) is 0.369. The van der Waals surface area contributed by atoms with Crippen molar-refractivity contribution in [1.29, 1.82) is 0 Å². The molecule has 5 nitrogen and oxygen atoms in total. The van der Waals surface area contributed by atoms with Gasteiger partial charge in [-0.2, -0.15) is 0 Å². The summed E-state index contributed by atoms with van der Waals surface area (Å²) in [7, 11) is 3.63. The van der Waals surface area contributed by atoms with E-state index in [1.54, 1.807) is 7.11 Å². The Labute approximate surface area is 105 Å². The molecule has 1 N–H and O–H groups in total. The zero-order valence-electron chi connectivity index (χ0n) is 11.6. The summed E-state index contributed by atoms with van der Waals surface area (Å²) in [6.07, 6.45) is 0. The van der Waals surface area contributed by atoms with E-state index in [1.807, 2.05) is 20.9 Å². The van der Waals surface area contributed by atoms with Crippen LogP contribution >= 0.6 is 0 Å². The predicted molar refractivity (Wildman–Crippen MR) is 67.3 cm³/mol. The fourth-order valence-corrected chi connectivity index (χ4v) is 1.09. The third-order valence-corrected chi connectivity index (χ3v) is 2.80. The zero-order chi connectivity index (χ0) is 13.1. The fourth-order valence-electron chi connectivity index (χ4n) is 1.09. The van der Waals surface area contributed by atoms with Crippen molar-refractivity contribution in [3.05, 3.63) is 0 Å². The minimum Gasteiger partial charge on any atom is -0.394 e. The van der Waals surface area contributed by atoms with Gasteiger partial charge in [0.2, 0.25) is 0 Å². The van der Waals surface area contributed by atoms with Gasteiger partial charge >= 0.3 is 0 Å². The topological polar surface area (TPSA) is 51.2 Å². The van der Waals surface area contributed by atoms with E-state index >= 15 is 0 Å². The minimum atomic E-state index is -0.196. The number of hydrogen-bond acceptors (Lipinski definition) is 5. The maximum absolute atomic E-state index is 9.17. The molecular weight excluding hydrogens is 222 g/mol. The Bertz CT molecular complexity index is 176. The fraction of sp³-hybridized carbons (Fsp3) is 1.00. The highest BCUT2D eigenvalue weighted by Crippen LogP contribution is 2.09. The molecule has 0 radical (unpaired) electrons. The lowest BCUT2D eigenvalue weighted by atomic mass is 10.1. The second kappa shape index (κ2) is 9.79. The quantitative estimate of drug-likeness (QED) is 0.536. The largest absolute Gasteiger partial charge is 0.394 e. The SMILES string of the molecule is COCCOCCOCCN(C)C(C)(C)CO. The molecule has 0 rings (SSSR count). The summed E-state index contributed by atoms with van der Waals surface area (Å²) in [5.41, 5.74) is -0.196. The Kier molecular flexibility index (Phi) is 9.68. The summed E-state index contributed by atoms with van der Waals surface area (Å²) in [6, 6.07) is 0. The lowest BCUT2D eigenvalue weighted by Gasteiger charge is -2.33. The summed E-state index contributed by atoms with van der Waals surface area (Å²) >= 11 is 0. The molecule has 0 aromatic carbocycles. The first kappa shape index (κ1) is 16.8. The van der Waals surface area contributed by atoms with Crippen molar-refractivity contribution in [3.8, 4) is 0 Å². The molecule has 0 unspecified atom stereocenters. The molecule has 17 heavy (non-hydrogen) atoms. The summed E-state index contributed by atoms with van der Waals surface area (Å²) < 4.78 is 15.6. The van der Waals surface area contributed by atoms with E-state index in [4.69, 9.17) is 14.2 Å². The van der Waals surface area contributed by atoms with Gasteiger partial charge < -0.3 is 19.3 Å². The van der Waals surface area contributed by atoms with Gasteiger partial charge in [0.25, 0.3) is 0 Å². The average molecular weight is 249 g/mol. The first-order valence-electron chi connectivity index (χ1n) is 6.01. The molecule has 0 aliphatic rings. The molecule has 0 aromatic rings. The molecule has 5 heteroatoms. The average Bonchev–Trinajstić information content (AvgIpc) is 2.32. The van der Waals surface area contributed by atoms with Gasteiger partial charge in [-0.05, 0) is 20.9 Å². The van der Waals surface area contributed by atoms with E-state index in [2.05, 4.69) is 4.90 Å². The third-order valence-electron chi connectivity index (χ3n) is 2.80. The van der Waals surface area contributed by atoms with Crippen LogP contribution in [0.4, 0.5) is 0 Å². The number of rotatable bonds is 11. The normalized spacial score (nSPS) is 12.4.